The second-order valence-corrected chi connectivity index (χ2v) is 6.41. The largest absolute Gasteiger partial charge is 0.389 e. The Morgan fingerprint density at radius 1 is 1.32 bits per heavy atom. The molecule has 0 amide bonds. The van der Waals surface area contributed by atoms with Crippen LogP contribution >= 0.6 is 0 Å². The van der Waals surface area contributed by atoms with Gasteiger partial charge in [0.15, 0.2) is 0 Å². The maximum absolute atomic E-state index is 10.5. The van der Waals surface area contributed by atoms with Crippen LogP contribution < -0.4 is 5.32 Å². The van der Waals surface area contributed by atoms with E-state index in [0.717, 1.165) is 38.5 Å². The highest BCUT2D eigenvalue weighted by atomic mass is 16.5. The van der Waals surface area contributed by atoms with Crippen LogP contribution in [0.1, 0.15) is 5.82 Å². The molecule has 3 rings (SSSR count). The van der Waals surface area contributed by atoms with Gasteiger partial charge in [-0.3, -0.25) is 4.90 Å². The van der Waals surface area contributed by atoms with E-state index < -0.39 is 6.10 Å². The minimum absolute atomic E-state index is 0.0193. The lowest BCUT2D eigenvalue weighted by Gasteiger charge is -2.34. The summed E-state index contributed by atoms with van der Waals surface area (Å²) < 4.78 is 7.80. The smallest absolute Gasteiger partial charge is 0.122 e. The third-order valence-electron chi connectivity index (χ3n) is 4.76. The molecule has 0 bridgehead atoms. The van der Waals surface area contributed by atoms with Gasteiger partial charge in [-0.05, 0) is 7.05 Å². The molecule has 0 aromatic carbocycles. The molecule has 2 aliphatic rings. The number of imidazole rings is 1. The van der Waals surface area contributed by atoms with Gasteiger partial charge in [0, 0.05) is 52.2 Å². The van der Waals surface area contributed by atoms with Crippen LogP contribution in [0.3, 0.4) is 0 Å². The fourth-order valence-electron chi connectivity index (χ4n) is 3.10. The number of aromatic nitrogens is 2. The fraction of sp³-hybridized carbons (Fsp3) is 0.800. The van der Waals surface area contributed by atoms with E-state index in [4.69, 9.17) is 4.74 Å². The number of aryl methyl sites for hydroxylation is 1. The molecule has 3 atom stereocenters. The third-order valence-corrected chi connectivity index (χ3v) is 4.76. The van der Waals surface area contributed by atoms with Crippen molar-refractivity contribution in [1.82, 2.24) is 24.7 Å². The Balaban J connectivity index is 1.45. The van der Waals surface area contributed by atoms with Gasteiger partial charge in [0.1, 0.15) is 5.82 Å². The summed E-state index contributed by atoms with van der Waals surface area (Å²) in [7, 11) is 4.12. The molecule has 3 heterocycles. The summed E-state index contributed by atoms with van der Waals surface area (Å²) in [6.45, 7) is 6.30. The zero-order chi connectivity index (χ0) is 15.5. The predicted molar refractivity (Wildman–Crippen MR) is 83.5 cm³/mol. The molecule has 2 saturated heterocycles. The van der Waals surface area contributed by atoms with Crippen molar-refractivity contribution in [2.75, 3.05) is 46.4 Å². The number of rotatable bonds is 5. The minimum Gasteiger partial charge on any atom is -0.389 e. The van der Waals surface area contributed by atoms with E-state index in [1.165, 1.54) is 0 Å². The maximum atomic E-state index is 10.5. The summed E-state index contributed by atoms with van der Waals surface area (Å²) in [5.41, 5.74) is 0. The van der Waals surface area contributed by atoms with E-state index >= 15 is 0 Å². The minimum atomic E-state index is -0.458. The van der Waals surface area contributed by atoms with Crippen molar-refractivity contribution in [2.24, 2.45) is 7.05 Å². The summed E-state index contributed by atoms with van der Waals surface area (Å²) in [4.78, 5) is 9.00. The zero-order valence-electron chi connectivity index (χ0n) is 13.5. The van der Waals surface area contributed by atoms with Gasteiger partial charge in [-0.2, -0.15) is 0 Å². The number of likely N-dealkylation sites (N-methyl/N-ethyl adjacent to an activating group) is 1. The van der Waals surface area contributed by atoms with Crippen LogP contribution in [0.4, 0.5) is 0 Å². The van der Waals surface area contributed by atoms with Gasteiger partial charge >= 0.3 is 0 Å². The summed E-state index contributed by atoms with van der Waals surface area (Å²) in [5.74, 6) is 0.967. The topological polar surface area (TPSA) is 65.8 Å². The zero-order valence-corrected chi connectivity index (χ0v) is 13.5. The van der Waals surface area contributed by atoms with Crippen LogP contribution in [-0.2, 0) is 18.3 Å². The number of aliphatic hydroxyl groups excluding tert-OH is 1. The Kier molecular flexibility index (Phi) is 5.10. The molecular weight excluding hydrogens is 282 g/mol. The molecule has 7 heteroatoms. The van der Waals surface area contributed by atoms with Crippen LogP contribution in [-0.4, -0.2) is 89.1 Å². The number of aliphatic hydroxyl groups is 1. The van der Waals surface area contributed by atoms with Crippen molar-refractivity contribution in [3.05, 3.63) is 18.2 Å². The van der Waals surface area contributed by atoms with E-state index in [-0.39, 0.29) is 12.1 Å². The molecule has 2 fully saturated rings. The van der Waals surface area contributed by atoms with Crippen molar-refractivity contribution < 1.29 is 9.84 Å². The van der Waals surface area contributed by atoms with Crippen molar-refractivity contribution >= 4 is 0 Å². The van der Waals surface area contributed by atoms with Crippen LogP contribution in [0, 0.1) is 0 Å². The Hall–Kier alpha value is -0.990. The normalized spacial score (nSPS) is 31.0. The number of hydrogen-bond donors (Lipinski definition) is 2. The average Bonchev–Trinajstić information content (AvgIpc) is 3.07. The quantitative estimate of drug-likeness (QED) is 0.719. The summed E-state index contributed by atoms with van der Waals surface area (Å²) in [6.07, 6.45) is 3.16. The summed E-state index contributed by atoms with van der Waals surface area (Å²) >= 11 is 0. The molecule has 0 spiro atoms. The molecular formula is C15H27N5O2. The highest BCUT2D eigenvalue weighted by molar-refractivity contribution is 4.95. The van der Waals surface area contributed by atoms with E-state index in [1.54, 1.807) is 6.20 Å². The standard InChI is InChI=1S/C15H27N5O2/c1-18-5-7-20(8-6-18)10-13-15(21)12(11-22-13)17-9-14-16-3-4-19(14)2/h3-4,12-13,15,17,21H,5-11H2,1-2H3/t12-,13-,15+/m0/s1. The average molecular weight is 309 g/mol. The molecule has 2 aliphatic heterocycles. The van der Waals surface area contributed by atoms with Gasteiger partial charge in [-0.1, -0.05) is 0 Å². The number of piperazine rings is 1. The molecule has 22 heavy (non-hydrogen) atoms. The predicted octanol–water partition coefficient (Wildman–Crippen LogP) is -1.11. The van der Waals surface area contributed by atoms with Gasteiger partial charge in [-0.15, -0.1) is 0 Å². The lowest BCUT2D eigenvalue weighted by atomic mass is 10.1. The van der Waals surface area contributed by atoms with E-state index in [0.29, 0.717) is 13.2 Å². The highest BCUT2D eigenvalue weighted by Gasteiger charge is 2.36. The second-order valence-electron chi connectivity index (χ2n) is 6.41. The third kappa shape index (κ3) is 3.67. The molecule has 0 unspecified atom stereocenters. The van der Waals surface area contributed by atoms with Crippen molar-refractivity contribution in [3.63, 3.8) is 0 Å². The first-order valence-electron chi connectivity index (χ1n) is 8.03. The molecule has 124 valence electrons. The Morgan fingerprint density at radius 2 is 2.09 bits per heavy atom. The van der Waals surface area contributed by atoms with E-state index in [1.807, 2.05) is 17.8 Å². The van der Waals surface area contributed by atoms with Gasteiger partial charge < -0.3 is 24.6 Å². The van der Waals surface area contributed by atoms with Crippen molar-refractivity contribution in [1.29, 1.82) is 0 Å². The highest BCUT2D eigenvalue weighted by Crippen LogP contribution is 2.17. The van der Waals surface area contributed by atoms with Gasteiger partial charge in [-0.25, -0.2) is 4.98 Å². The van der Waals surface area contributed by atoms with E-state index in [2.05, 4.69) is 27.1 Å². The molecule has 1 aromatic rings. The van der Waals surface area contributed by atoms with Crippen LogP contribution in [0.5, 0.6) is 0 Å². The fourth-order valence-corrected chi connectivity index (χ4v) is 3.10. The van der Waals surface area contributed by atoms with Crippen molar-refractivity contribution in [2.45, 2.75) is 24.8 Å². The lowest BCUT2D eigenvalue weighted by molar-refractivity contribution is 0.00598. The van der Waals surface area contributed by atoms with Crippen LogP contribution in [0.15, 0.2) is 12.4 Å². The SMILES string of the molecule is CN1CCN(C[C@@H]2OC[C@H](NCc3nccn3C)[C@H]2O)CC1. The molecule has 7 nitrogen and oxygen atoms in total. The first kappa shape index (κ1) is 15.9. The molecule has 0 aliphatic carbocycles. The van der Waals surface area contributed by atoms with Gasteiger partial charge in [0.25, 0.3) is 0 Å². The Morgan fingerprint density at radius 3 is 2.77 bits per heavy atom. The first-order valence-corrected chi connectivity index (χ1v) is 8.03. The summed E-state index contributed by atoms with van der Waals surface area (Å²) in [5, 5.41) is 13.8. The molecule has 1 aromatic heterocycles. The molecule has 0 radical (unpaired) electrons. The monoisotopic (exact) mass is 309 g/mol. The number of hydrogen-bond acceptors (Lipinski definition) is 6. The first-order chi connectivity index (χ1) is 10.6. The maximum Gasteiger partial charge on any atom is 0.122 e. The molecule has 0 saturated carbocycles. The Labute approximate surface area is 131 Å². The van der Waals surface area contributed by atoms with Crippen LogP contribution in [0.25, 0.3) is 0 Å². The Bertz CT molecular complexity index is 472. The van der Waals surface area contributed by atoms with Crippen LogP contribution in [0.2, 0.25) is 0 Å². The number of nitrogens with zero attached hydrogens (tertiary/aromatic N) is 4. The number of ether oxygens (including phenoxy) is 1. The number of nitrogens with one attached hydrogen (secondary N) is 1. The lowest BCUT2D eigenvalue weighted by Crippen LogP contribution is -2.50. The van der Waals surface area contributed by atoms with Gasteiger partial charge in [0.2, 0.25) is 0 Å². The van der Waals surface area contributed by atoms with E-state index in [9.17, 15) is 5.11 Å². The molecule has 2 N–H and O–H groups in total. The summed E-state index contributed by atoms with van der Waals surface area (Å²) in [6, 6.07) is -0.0193. The van der Waals surface area contributed by atoms with Gasteiger partial charge in [0.05, 0.1) is 31.4 Å². The second kappa shape index (κ2) is 7.06. The van der Waals surface area contributed by atoms with Crippen molar-refractivity contribution in [3.8, 4) is 0 Å².